The van der Waals surface area contributed by atoms with Gasteiger partial charge in [0.15, 0.2) is 9.84 Å². The van der Waals surface area contributed by atoms with Crippen molar-refractivity contribution >= 4 is 26.3 Å². The van der Waals surface area contributed by atoms with Gasteiger partial charge in [0.05, 0.1) is 26.3 Å². The lowest BCUT2D eigenvalue weighted by Gasteiger charge is -2.17. The van der Waals surface area contributed by atoms with Gasteiger partial charge in [-0.1, -0.05) is 0 Å². The molecule has 1 aliphatic heterocycles. The highest BCUT2D eigenvalue weighted by Crippen LogP contribution is 2.26. The quantitative estimate of drug-likeness (QED) is 0.788. The first kappa shape index (κ1) is 10.6. The Morgan fingerprint density at radius 2 is 2.13 bits per heavy atom. The highest BCUT2D eigenvalue weighted by atomic mass is 32.2. The highest BCUT2D eigenvalue weighted by Gasteiger charge is 2.18. The predicted octanol–water partition coefficient (Wildman–Crippen LogP) is 0.623. The molecule has 6 heteroatoms. The Labute approximate surface area is 91.1 Å². The molecule has 1 heterocycles. The van der Waals surface area contributed by atoms with Gasteiger partial charge in [-0.2, -0.15) is 0 Å². The first-order chi connectivity index (χ1) is 6.98. The Morgan fingerprint density at radius 3 is 2.80 bits per heavy atom. The second-order valence-corrected chi connectivity index (χ2v) is 6.96. The maximum absolute atomic E-state index is 11.6. The molecule has 0 fully saturated rings. The van der Waals surface area contributed by atoms with E-state index in [4.69, 9.17) is 0 Å². The number of sulfone groups is 1. The smallest absolute Gasteiger partial charge is 0.175 e. The minimum absolute atomic E-state index is 0.221. The first-order valence-corrected chi connectivity index (χ1v) is 7.66. The number of rotatable bonds is 1. The zero-order valence-electron chi connectivity index (χ0n) is 8.19. The predicted molar refractivity (Wildman–Crippen MR) is 59.3 cm³/mol. The van der Waals surface area contributed by atoms with Crippen molar-refractivity contribution in [2.75, 3.05) is 23.9 Å². The number of hydrogen-bond donors (Lipinski definition) is 1. The van der Waals surface area contributed by atoms with Crippen LogP contribution in [0.15, 0.2) is 28.0 Å². The van der Waals surface area contributed by atoms with Crippen LogP contribution < -0.4 is 5.32 Å². The van der Waals surface area contributed by atoms with Gasteiger partial charge in [-0.15, -0.1) is 0 Å². The van der Waals surface area contributed by atoms with Crippen molar-refractivity contribution in [3.8, 4) is 0 Å². The Hall–Kier alpha value is -0.880. The number of anilines is 1. The van der Waals surface area contributed by atoms with Gasteiger partial charge in [0, 0.05) is 18.6 Å². The lowest BCUT2D eigenvalue weighted by molar-refractivity contribution is 0.601. The maximum Gasteiger partial charge on any atom is 0.175 e. The van der Waals surface area contributed by atoms with E-state index in [1.165, 1.54) is 12.1 Å². The van der Waals surface area contributed by atoms with Gasteiger partial charge in [0.25, 0.3) is 0 Å². The fourth-order valence-corrected chi connectivity index (χ4v) is 3.33. The first-order valence-electron chi connectivity index (χ1n) is 4.45. The summed E-state index contributed by atoms with van der Waals surface area (Å²) in [5, 5.41) is 3.08. The third-order valence-electron chi connectivity index (χ3n) is 2.23. The van der Waals surface area contributed by atoms with E-state index in [1.54, 1.807) is 6.07 Å². The largest absolute Gasteiger partial charge is 0.383 e. The Bertz CT molecular complexity index is 522. The van der Waals surface area contributed by atoms with Gasteiger partial charge < -0.3 is 5.32 Å². The van der Waals surface area contributed by atoms with Crippen LogP contribution in [0.1, 0.15) is 0 Å². The van der Waals surface area contributed by atoms with Gasteiger partial charge in [0.2, 0.25) is 0 Å². The average molecular weight is 245 g/mol. The van der Waals surface area contributed by atoms with Crippen molar-refractivity contribution < 1.29 is 12.6 Å². The summed E-state index contributed by atoms with van der Waals surface area (Å²) in [7, 11) is -4.31. The molecule has 4 nitrogen and oxygen atoms in total. The van der Waals surface area contributed by atoms with Crippen LogP contribution in [0.2, 0.25) is 0 Å². The van der Waals surface area contributed by atoms with Gasteiger partial charge in [-0.25, -0.2) is 8.42 Å². The summed E-state index contributed by atoms with van der Waals surface area (Å²) in [4.78, 5) is 0.808. The second kappa shape index (κ2) is 3.61. The van der Waals surface area contributed by atoms with Crippen LogP contribution in [0.25, 0.3) is 0 Å². The van der Waals surface area contributed by atoms with E-state index >= 15 is 0 Å². The summed E-state index contributed by atoms with van der Waals surface area (Å²) in [5.41, 5.74) is 0.770. The molecule has 0 amide bonds. The topological polar surface area (TPSA) is 63.2 Å². The van der Waals surface area contributed by atoms with Crippen LogP contribution in [0.3, 0.4) is 0 Å². The zero-order valence-corrected chi connectivity index (χ0v) is 9.82. The van der Waals surface area contributed by atoms with E-state index in [1.807, 2.05) is 0 Å². The fourth-order valence-electron chi connectivity index (χ4n) is 1.46. The fraction of sp³-hybridized carbons (Fsp3) is 0.333. The van der Waals surface area contributed by atoms with Gasteiger partial charge in [0.1, 0.15) is 0 Å². The Morgan fingerprint density at radius 1 is 1.40 bits per heavy atom. The van der Waals surface area contributed by atoms with Crippen LogP contribution in [0.4, 0.5) is 5.69 Å². The van der Waals surface area contributed by atoms with Gasteiger partial charge in [-0.05, 0) is 18.2 Å². The average Bonchev–Trinajstić information content (AvgIpc) is 2.16. The number of hydrogen-bond acceptors (Lipinski definition) is 4. The van der Waals surface area contributed by atoms with E-state index in [0.29, 0.717) is 17.2 Å². The van der Waals surface area contributed by atoms with Gasteiger partial charge >= 0.3 is 0 Å². The molecule has 15 heavy (non-hydrogen) atoms. The second-order valence-electron chi connectivity index (χ2n) is 3.41. The SMILES string of the molecule is CS(=O)(=O)c1ccc2c(c1)S(=O)CCN2. The molecule has 1 aromatic rings. The van der Waals surface area contributed by atoms with Crippen molar-refractivity contribution in [2.24, 2.45) is 0 Å². The number of nitrogens with one attached hydrogen (secondary N) is 1. The third-order valence-corrected chi connectivity index (χ3v) is 4.74. The molecule has 2 rings (SSSR count). The molecule has 1 atom stereocenters. The Kier molecular flexibility index (Phi) is 2.56. The molecule has 82 valence electrons. The summed E-state index contributed by atoms with van der Waals surface area (Å²) in [5.74, 6) is 0.528. The number of benzene rings is 1. The molecule has 0 saturated heterocycles. The van der Waals surface area contributed by atoms with Crippen LogP contribution in [0, 0.1) is 0 Å². The molecule has 0 spiro atoms. The maximum atomic E-state index is 11.6. The van der Waals surface area contributed by atoms with E-state index in [0.717, 1.165) is 11.9 Å². The van der Waals surface area contributed by atoms with Crippen LogP contribution in [-0.2, 0) is 20.6 Å². The van der Waals surface area contributed by atoms with E-state index in [-0.39, 0.29) is 4.90 Å². The minimum atomic E-state index is -3.22. The van der Waals surface area contributed by atoms with E-state index < -0.39 is 20.6 Å². The summed E-state index contributed by atoms with van der Waals surface area (Å²) in [6, 6.07) is 4.69. The van der Waals surface area contributed by atoms with Crippen molar-refractivity contribution in [1.29, 1.82) is 0 Å². The summed E-state index contributed by atoms with van der Waals surface area (Å²) in [6.45, 7) is 0.665. The standard InChI is InChI=1S/C9H11NO3S2/c1-15(12,13)7-2-3-8-9(6-7)14(11)5-4-10-8/h2-3,6,10H,4-5H2,1H3. The molecule has 1 aromatic carbocycles. The van der Waals surface area contributed by atoms with E-state index in [9.17, 15) is 12.6 Å². The molecule has 0 radical (unpaired) electrons. The molecule has 0 aliphatic carbocycles. The molecular formula is C9H11NO3S2. The molecular weight excluding hydrogens is 234 g/mol. The van der Waals surface area contributed by atoms with Crippen molar-refractivity contribution in [3.05, 3.63) is 18.2 Å². The third kappa shape index (κ3) is 2.05. The number of fused-ring (bicyclic) bond motifs is 1. The minimum Gasteiger partial charge on any atom is -0.383 e. The van der Waals surface area contributed by atoms with Crippen LogP contribution in [0.5, 0.6) is 0 Å². The molecule has 1 N–H and O–H groups in total. The van der Waals surface area contributed by atoms with Crippen LogP contribution >= 0.6 is 0 Å². The molecule has 1 unspecified atom stereocenters. The zero-order chi connectivity index (χ0) is 11.1. The normalized spacial score (nSPS) is 20.5. The molecule has 0 aromatic heterocycles. The monoisotopic (exact) mass is 245 g/mol. The van der Waals surface area contributed by atoms with E-state index in [2.05, 4.69) is 5.32 Å². The molecule has 0 bridgehead atoms. The van der Waals surface area contributed by atoms with Crippen LogP contribution in [-0.4, -0.2) is 31.2 Å². The molecule has 0 saturated carbocycles. The lowest BCUT2D eigenvalue weighted by Crippen LogP contribution is -2.19. The van der Waals surface area contributed by atoms with Crippen molar-refractivity contribution in [2.45, 2.75) is 9.79 Å². The van der Waals surface area contributed by atoms with Crippen molar-refractivity contribution in [1.82, 2.24) is 0 Å². The summed E-state index contributed by atoms with van der Waals surface area (Å²) < 4.78 is 34.3. The summed E-state index contributed by atoms with van der Waals surface area (Å²) in [6.07, 6.45) is 1.15. The Balaban J connectivity index is 2.58. The molecule has 1 aliphatic rings. The highest BCUT2D eigenvalue weighted by molar-refractivity contribution is 7.90. The van der Waals surface area contributed by atoms with Gasteiger partial charge in [-0.3, -0.25) is 4.21 Å². The van der Waals surface area contributed by atoms with Crippen molar-refractivity contribution in [3.63, 3.8) is 0 Å². The summed E-state index contributed by atoms with van der Waals surface area (Å²) >= 11 is 0. The lowest BCUT2D eigenvalue weighted by atomic mass is 10.3.